The highest BCUT2D eigenvalue weighted by Gasteiger charge is 2.23. The monoisotopic (exact) mass is 288 g/mol. The highest BCUT2D eigenvalue weighted by Crippen LogP contribution is 2.18. The Morgan fingerprint density at radius 2 is 2.24 bits per heavy atom. The van der Waals surface area contributed by atoms with Crippen molar-refractivity contribution in [3.8, 4) is 0 Å². The van der Waals surface area contributed by atoms with Crippen LogP contribution in [0.4, 0.5) is 5.69 Å². The standard InChI is InChI=1S/C13H12N4O4/c18-12(15-8-1-2-8)6-16-7-14-11-5-9(17(20)21)3-4-10(11)13(16)19/h3-5,7-8H,1-2,6H2,(H,15,18). The highest BCUT2D eigenvalue weighted by atomic mass is 16.6. The SMILES string of the molecule is O=C(Cn1cnc2cc([N+](=O)[O-])ccc2c1=O)NC1CC1. The second-order valence-electron chi connectivity index (χ2n) is 4.98. The van der Waals surface area contributed by atoms with Crippen LogP contribution in [-0.2, 0) is 11.3 Å². The van der Waals surface area contributed by atoms with Crippen LogP contribution in [0, 0.1) is 10.1 Å². The molecule has 0 bridgehead atoms. The molecule has 1 saturated carbocycles. The van der Waals surface area contributed by atoms with Gasteiger partial charge in [0.05, 0.1) is 22.2 Å². The average molecular weight is 288 g/mol. The minimum atomic E-state index is -0.546. The maximum Gasteiger partial charge on any atom is 0.271 e. The molecule has 1 aromatic heterocycles. The molecule has 0 radical (unpaired) electrons. The summed E-state index contributed by atoms with van der Waals surface area (Å²) in [5, 5.41) is 13.7. The molecular weight excluding hydrogens is 276 g/mol. The van der Waals surface area contributed by atoms with Crippen molar-refractivity contribution in [3.63, 3.8) is 0 Å². The lowest BCUT2D eigenvalue weighted by Gasteiger charge is -2.07. The average Bonchev–Trinajstić information content (AvgIpc) is 3.25. The number of nitrogens with one attached hydrogen (secondary N) is 1. The summed E-state index contributed by atoms with van der Waals surface area (Å²) < 4.78 is 1.20. The second kappa shape index (κ2) is 4.97. The normalized spacial score (nSPS) is 14.1. The van der Waals surface area contributed by atoms with Crippen LogP contribution in [0.5, 0.6) is 0 Å². The van der Waals surface area contributed by atoms with Gasteiger partial charge in [0.2, 0.25) is 5.91 Å². The molecule has 3 rings (SSSR count). The van der Waals surface area contributed by atoms with Crippen molar-refractivity contribution in [2.45, 2.75) is 25.4 Å². The number of nitro benzene ring substituents is 1. The molecule has 1 aliphatic carbocycles. The first kappa shape index (κ1) is 13.2. The van der Waals surface area contributed by atoms with E-state index in [1.807, 2.05) is 0 Å². The zero-order valence-corrected chi connectivity index (χ0v) is 11.0. The minimum Gasteiger partial charge on any atom is -0.352 e. The second-order valence-corrected chi connectivity index (χ2v) is 4.98. The number of nitrogens with zero attached hydrogens (tertiary/aromatic N) is 3. The van der Waals surface area contributed by atoms with E-state index in [1.54, 1.807) is 0 Å². The molecule has 2 aromatic rings. The number of nitro groups is 1. The van der Waals surface area contributed by atoms with Crippen molar-refractivity contribution in [1.29, 1.82) is 0 Å². The number of fused-ring (bicyclic) bond motifs is 1. The lowest BCUT2D eigenvalue weighted by atomic mass is 10.2. The van der Waals surface area contributed by atoms with E-state index in [-0.39, 0.29) is 40.6 Å². The number of non-ortho nitro benzene ring substituents is 1. The smallest absolute Gasteiger partial charge is 0.271 e. The fourth-order valence-electron chi connectivity index (χ4n) is 2.03. The summed E-state index contributed by atoms with van der Waals surface area (Å²) in [4.78, 5) is 38.1. The molecule has 0 saturated heterocycles. The Labute approximate surface area is 118 Å². The highest BCUT2D eigenvalue weighted by molar-refractivity contribution is 5.80. The van der Waals surface area contributed by atoms with Crippen LogP contribution >= 0.6 is 0 Å². The van der Waals surface area contributed by atoms with Gasteiger partial charge in [0.1, 0.15) is 6.54 Å². The Hall–Kier alpha value is -2.77. The first-order valence-electron chi connectivity index (χ1n) is 6.47. The van der Waals surface area contributed by atoms with Gasteiger partial charge in [0.25, 0.3) is 11.2 Å². The Morgan fingerprint density at radius 3 is 2.90 bits per heavy atom. The van der Waals surface area contributed by atoms with Crippen molar-refractivity contribution in [3.05, 3.63) is 45.0 Å². The van der Waals surface area contributed by atoms with Crippen molar-refractivity contribution in [2.24, 2.45) is 0 Å². The quantitative estimate of drug-likeness (QED) is 0.654. The number of rotatable bonds is 4. The molecule has 21 heavy (non-hydrogen) atoms. The van der Waals surface area contributed by atoms with Gasteiger partial charge in [0.15, 0.2) is 0 Å². The van der Waals surface area contributed by atoms with Crippen molar-refractivity contribution >= 4 is 22.5 Å². The van der Waals surface area contributed by atoms with Gasteiger partial charge >= 0.3 is 0 Å². The van der Waals surface area contributed by atoms with Crippen LogP contribution in [0.25, 0.3) is 10.9 Å². The van der Waals surface area contributed by atoms with Crippen LogP contribution in [0.3, 0.4) is 0 Å². The van der Waals surface area contributed by atoms with E-state index in [2.05, 4.69) is 10.3 Å². The van der Waals surface area contributed by atoms with Crippen LogP contribution in [0.15, 0.2) is 29.3 Å². The molecule has 8 heteroatoms. The number of amides is 1. The van der Waals surface area contributed by atoms with E-state index in [1.165, 1.54) is 29.1 Å². The Kier molecular flexibility index (Phi) is 3.13. The van der Waals surface area contributed by atoms with Crippen molar-refractivity contribution in [2.75, 3.05) is 0 Å². The van der Waals surface area contributed by atoms with E-state index in [9.17, 15) is 19.7 Å². The molecule has 0 aliphatic heterocycles. The molecule has 1 aliphatic rings. The summed E-state index contributed by atoms with van der Waals surface area (Å²) in [5.74, 6) is -0.234. The molecular formula is C13H12N4O4. The zero-order chi connectivity index (χ0) is 15.0. The molecule has 1 aromatic carbocycles. The number of carbonyl (C=O) groups excluding carboxylic acids is 1. The number of hydrogen-bond donors (Lipinski definition) is 1. The summed E-state index contributed by atoms with van der Waals surface area (Å²) in [6.07, 6.45) is 3.18. The van der Waals surface area contributed by atoms with Crippen LogP contribution < -0.4 is 10.9 Å². The van der Waals surface area contributed by atoms with Gasteiger partial charge in [-0.25, -0.2) is 4.98 Å². The van der Waals surface area contributed by atoms with E-state index in [0.717, 1.165) is 12.8 Å². The topological polar surface area (TPSA) is 107 Å². The molecule has 1 amide bonds. The number of benzene rings is 1. The molecule has 1 N–H and O–H groups in total. The molecule has 0 atom stereocenters. The lowest BCUT2D eigenvalue weighted by Crippen LogP contribution is -2.33. The van der Waals surface area contributed by atoms with Crippen LogP contribution in [0.2, 0.25) is 0 Å². The van der Waals surface area contributed by atoms with E-state index in [4.69, 9.17) is 0 Å². The predicted octanol–water partition coefficient (Wildman–Crippen LogP) is 0.583. The molecule has 1 fully saturated rings. The van der Waals surface area contributed by atoms with E-state index in [0.29, 0.717) is 0 Å². The summed E-state index contributed by atoms with van der Waals surface area (Å²) >= 11 is 0. The van der Waals surface area contributed by atoms with Gasteiger partial charge in [-0.3, -0.25) is 24.3 Å². The molecule has 0 spiro atoms. The first-order valence-corrected chi connectivity index (χ1v) is 6.47. The Morgan fingerprint density at radius 1 is 1.48 bits per heavy atom. The maximum atomic E-state index is 12.2. The number of aromatic nitrogens is 2. The largest absolute Gasteiger partial charge is 0.352 e. The van der Waals surface area contributed by atoms with E-state index < -0.39 is 4.92 Å². The molecule has 108 valence electrons. The maximum absolute atomic E-state index is 12.2. The van der Waals surface area contributed by atoms with Crippen LogP contribution in [-0.4, -0.2) is 26.4 Å². The van der Waals surface area contributed by atoms with Gasteiger partial charge in [-0.2, -0.15) is 0 Å². The molecule has 0 unspecified atom stereocenters. The predicted molar refractivity (Wildman–Crippen MR) is 73.8 cm³/mol. The van der Waals surface area contributed by atoms with Gasteiger partial charge in [0, 0.05) is 18.2 Å². The van der Waals surface area contributed by atoms with Gasteiger partial charge in [-0.1, -0.05) is 0 Å². The third-order valence-corrected chi connectivity index (χ3v) is 3.28. The summed E-state index contributed by atoms with van der Waals surface area (Å²) in [7, 11) is 0. The fraction of sp³-hybridized carbons (Fsp3) is 0.308. The Balaban J connectivity index is 1.92. The third-order valence-electron chi connectivity index (χ3n) is 3.28. The Bertz CT molecular complexity index is 794. The fourth-order valence-corrected chi connectivity index (χ4v) is 2.03. The number of carbonyl (C=O) groups is 1. The summed E-state index contributed by atoms with van der Waals surface area (Å²) in [5.41, 5.74) is -0.271. The van der Waals surface area contributed by atoms with Crippen molar-refractivity contribution in [1.82, 2.24) is 14.9 Å². The van der Waals surface area contributed by atoms with Gasteiger partial charge in [-0.05, 0) is 18.9 Å². The molecule has 8 nitrogen and oxygen atoms in total. The minimum absolute atomic E-state index is 0.102. The van der Waals surface area contributed by atoms with Crippen molar-refractivity contribution < 1.29 is 9.72 Å². The first-order chi connectivity index (χ1) is 10.0. The van der Waals surface area contributed by atoms with Gasteiger partial charge in [-0.15, -0.1) is 0 Å². The van der Waals surface area contributed by atoms with Gasteiger partial charge < -0.3 is 5.32 Å². The third kappa shape index (κ3) is 2.73. The number of hydrogen-bond acceptors (Lipinski definition) is 5. The summed E-state index contributed by atoms with van der Waals surface area (Å²) in [6.45, 7) is -0.102. The van der Waals surface area contributed by atoms with E-state index >= 15 is 0 Å². The van der Waals surface area contributed by atoms with Crippen LogP contribution in [0.1, 0.15) is 12.8 Å². The molecule has 1 heterocycles. The zero-order valence-electron chi connectivity index (χ0n) is 11.0. The summed E-state index contributed by atoms with van der Waals surface area (Å²) in [6, 6.07) is 4.08. The lowest BCUT2D eigenvalue weighted by molar-refractivity contribution is -0.384.